The van der Waals surface area contributed by atoms with E-state index in [1.165, 1.54) is 0 Å². The zero-order valence-corrected chi connectivity index (χ0v) is 16.6. The van der Waals surface area contributed by atoms with Gasteiger partial charge in [-0.25, -0.2) is 14.5 Å². The number of carboxylic acid groups (broad SMARTS) is 1. The fourth-order valence-electron chi connectivity index (χ4n) is 3.17. The lowest BCUT2D eigenvalue weighted by atomic mass is 10.0. The van der Waals surface area contributed by atoms with Gasteiger partial charge in [-0.3, -0.25) is 4.98 Å². The summed E-state index contributed by atoms with van der Waals surface area (Å²) in [7, 11) is 0. The molecule has 3 aromatic rings. The van der Waals surface area contributed by atoms with Crippen molar-refractivity contribution in [3.8, 4) is 11.1 Å². The predicted molar refractivity (Wildman–Crippen MR) is 108 cm³/mol. The van der Waals surface area contributed by atoms with E-state index in [2.05, 4.69) is 30.9 Å². The number of rotatable bonds is 8. The van der Waals surface area contributed by atoms with Crippen LogP contribution < -0.4 is 0 Å². The zero-order chi connectivity index (χ0) is 20.1. The average molecular weight is 378 g/mol. The smallest absolute Gasteiger partial charge is 0.336 e. The molecule has 0 aliphatic rings. The van der Waals surface area contributed by atoms with E-state index in [1.807, 2.05) is 22.9 Å². The zero-order valence-electron chi connectivity index (χ0n) is 16.6. The molecule has 0 aliphatic heterocycles. The molecule has 0 radical (unpaired) electrons. The molecule has 0 saturated carbocycles. The lowest BCUT2D eigenvalue weighted by Crippen LogP contribution is -2.07. The van der Waals surface area contributed by atoms with Gasteiger partial charge in [0.05, 0.1) is 5.56 Å². The van der Waals surface area contributed by atoms with Gasteiger partial charge < -0.3 is 5.11 Å². The van der Waals surface area contributed by atoms with E-state index in [0.717, 1.165) is 42.3 Å². The fourth-order valence-corrected chi connectivity index (χ4v) is 3.17. The number of benzene rings is 1. The molecular formula is C22H26N4O2. The molecule has 0 saturated heterocycles. The summed E-state index contributed by atoms with van der Waals surface area (Å²) in [5, 5.41) is 14.0. The van der Waals surface area contributed by atoms with Crippen molar-refractivity contribution in [2.75, 3.05) is 0 Å². The molecule has 6 nitrogen and oxygen atoms in total. The van der Waals surface area contributed by atoms with E-state index in [1.54, 1.807) is 24.4 Å². The second-order valence-electron chi connectivity index (χ2n) is 7.33. The molecule has 0 unspecified atom stereocenters. The van der Waals surface area contributed by atoms with Crippen molar-refractivity contribution in [2.24, 2.45) is 5.92 Å². The Labute approximate surface area is 165 Å². The van der Waals surface area contributed by atoms with Gasteiger partial charge in [0.25, 0.3) is 0 Å². The number of carboxylic acids is 1. The second kappa shape index (κ2) is 8.78. The number of aryl methyl sites for hydroxylation is 1. The van der Waals surface area contributed by atoms with Crippen molar-refractivity contribution in [3.63, 3.8) is 0 Å². The minimum atomic E-state index is -0.940. The van der Waals surface area contributed by atoms with E-state index in [0.29, 0.717) is 17.9 Å². The van der Waals surface area contributed by atoms with E-state index in [-0.39, 0.29) is 5.56 Å². The van der Waals surface area contributed by atoms with Gasteiger partial charge in [-0.15, -0.1) is 0 Å². The average Bonchev–Trinajstić information content (AvgIpc) is 3.03. The van der Waals surface area contributed by atoms with Crippen LogP contribution in [-0.2, 0) is 19.4 Å². The predicted octanol–water partition coefficient (Wildman–Crippen LogP) is 4.24. The molecule has 0 spiro atoms. The first-order valence-electron chi connectivity index (χ1n) is 9.68. The summed E-state index contributed by atoms with van der Waals surface area (Å²) in [4.78, 5) is 20.7. The minimum absolute atomic E-state index is 0.276. The van der Waals surface area contributed by atoms with Crippen LogP contribution in [0, 0.1) is 5.92 Å². The molecule has 3 rings (SSSR count). The van der Waals surface area contributed by atoms with Gasteiger partial charge in [-0.2, -0.15) is 5.10 Å². The molecule has 2 aromatic heterocycles. The van der Waals surface area contributed by atoms with Crippen LogP contribution in [0.3, 0.4) is 0 Å². The van der Waals surface area contributed by atoms with Crippen LogP contribution in [0.4, 0.5) is 0 Å². The highest BCUT2D eigenvalue weighted by molar-refractivity contribution is 5.95. The standard InChI is InChI=1S/C22H26N4O2/c1-4-11-26-21(24-20(25-26)12-15(2)3)13-17-10-9-16(14-23-17)18-7-5-6-8-19(18)22(27)28/h5-10,14-15H,4,11-13H2,1-3H3,(H,27,28). The maximum absolute atomic E-state index is 11.4. The van der Waals surface area contributed by atoms with E-state index >= 15 is 0 Å². The lowest BCUT2D eigenvalue weighted by Gasteiger charge is -2.07. The summed E-state index contributed by atoms with van der Waals surface area (Å²) in [5.41, 5.74) is 2.62. The maximum atomic E-state index is 11.4. The lowest BCUT2D eigenvalue weighted by molar-refractivity contribution is 0.0697. The first kappa shape index (κ1) is 19.7. The first-order chi connectivity index (χ1) is 13.5. The Bertz CT molecular complexity index is 945. The molecular weight excluding hydrogens is 352 g/mol. The van der Waals surface area contributed by atoms with Crippen LogP contribution in [0.2, 0.25) is 0 Å². The van der Waals surface area contributed by atoms with Crippen molar-refractivity contribution in [1.82, 2.24) is 19.7 Å². The van der Waals surface area contributed by atoms with E-state index in [9.17, 15) is 9.90 Å². The molecule has 28 heavy (non-hydrogen) atoms. The Morgan fingerprint density at radius 2 is 1.96 bits per heavy atom. The van der Waals surface area contributed by atoms with Crippen molar-refractivity contribution < 1.29 is 9.90 Å². The highest BCUT2D eigenvalue weighted by atomic mass is 16.4. The van der Waals surface area contributed by atoms with Gasteiger partial charge in [0.15, 0.2) is 5.82 Å². The van der Waals surface area contributed by atoms with Crippen molar-refractivity contribution in [2.45, 2.75) is 46.6 Å². The van der Waals surface area contributed by atoms with E-state index < -0.39 is 5.97 Å². The van der Waals surface area contributed by atoms with Crippen molar-refractivity contribution >= 4 is 5.97 Å². The maximum Gasteiger partial charge on any atom is 0.336 e. The second-order valence-corrected chi connectivity index (χ2v) is 7.33. The highest BCUT2D eigenvalue weighted by Crippen LogP contribution is 2.23. The molecule has 1 aromatic carbocycles. The Balaban J connectivity index is 1.83. The normalized spacial score (nSPS) is 11.1. The van der Waals surface area contributed by atoms with Crippen LogP contribution in [0.15, 0.2) is 42.6 Å². The Morgan fingerprint density at radius 3 is 2.61 bits per heavy atom. The van der Waals surface area contributed by atoms with Gasteiger partial charge in [-0.05, 0) is 30.0 Å². The van der Waals surface area contributed by atoms with Crippen LogP contribution in [0.25, 0.3) is 11.1 Å². The molecule has 6 heteroatoms. The van der Waals surface area contributed by atoms with Crippen LogP contribution >= 0.6 is 0 Å². The molecule has 0 atom stereocenters. The van der Waals surface area contributed by atoms with Crippen molar-refractivity contribution in [1.29, 1.82) is 0 Å². The molecule has 0 aliphatic carbocycles. The van der Waals surface area contributed by atoms with Crippen LogP contribution in [0.5, 0.6) is 0 Å². The topological polar surface area (TPSA) is 80.9 Å². The van der Waals surface area contributed by atoms with Gasteiger partial charge in [0.2, 0.25) is 0 Å². The minimum Gasteiger partial charge on any atom is -0.478 e. The third kappa shape index (κ3) is 4.63. The molecule has 1 N–H and O–H groups in total. The third-order valence-electron chi connectivity index (χ3n) is 4.45. The number of aromatic carboxylic acids is 1. The molecule has 0 amide bonds. The Kier molecular flexibility index (Phi) is 6.19. The quantitative estimate of drug-likeness (QED) is 0.634. The van der Waals surface area contributed by atoms with Gasteiger partial charge >= 0.3 is 5.97 Å². The Hall–Kier alpha value is -3.02. The fraction of sp³-hybridized carbons (Fsp3) is 0.364. The number of pyridine rings is 1. The summed E-state index contributed by atoms with van der Waals surface area (Å²) in [6, 6.07) is 10.8. The largest absolute Gasteiger partial charge is 0.478 e. The number of carbonyl (C=O) groups is 1. The number of nitrogens with zero attached hydrogens (tertiary/aromatic N) is 4. The van der Waals surface area contributed by atoms with Crippen molar-refractivity contribution in [3.05, 3.63) is 65.5 Å². The summed E-state index contributed by atoms with van der Waals surface area (Å²) in [6.07, 6.45) is 4.19. The molecule has 0 bridgehead atoms. The molecule has 0 fully saturated rings. The third-order valence-corrected chi connectivity index (χ3v) is 4.45. The molecule has 2 heterocycles. The van der Waals surface area contributed by atoms with Gasteiger partial charge in [-0.1, -0.05) is 45.0 Å². The van der Waals surface area contributed by atoms with Crippen LogP contribution in [-0.4, -0.2) is 30.8 Å². The SMILES string of the molecule is CCCn1nc(CC(C)C)nc1Cc1ccc(-c2ccccc2C(=O)O)cn1. The number of hydrogen-bond donors (Lipinski definition) is 1. The monoisotopic (exact) mass is 378 g/mol. The Morgan fingerprint density at radius 1 is 1.18 bits per heavy atom. The summed E-state index contributed by atoms with van der Waals surface area (Å²) < 4.78 is 1.98. The first-order valence-corrected chi connectivity index (χ1v) is 9.68. The van der Waals surface area contributed by atoms with Gasteiger partial charge in [0.1, 0.15) is 5.82 Å². The van der Waals surface area contributed by atoms with Crippen LogP contribution in [0.1, 0.15) is 54.9 Å². The number of hydrogen-bond acceptors (Lipinski definition) is 4. The van der Waals surface area contributed by atoms with Gasteiger partial charge in [0, 0.05) is 36.8 Å². The van der Waals surface area contributed by atoms with E-state index in [4.69, 9.17) is 4.98 Å². The molecule has 146 valence electrons. The highest BCUT2D eigenvalue weighted by Gasteiger charge is 2.14. The summed E-state index contributed by atoms with van der Waals surface area (Å²) in [5.74, 6) is 1.37. The summed E-state index contributed by atoms with van der Waals surface area (Å²) in [6.45, 7) is 7.29. The number of aromatic nitrogens is 4. The summed E-state index contributed by atoms with van der Waals surface area (Å²) >= 11 is 0.